The molecule has 0 aliphatic heterocycles. The minimum atomic E-state index is -0.548. The maximum atomic E-state index is 14.3. The zero-order chi connectivity index (χ0) is 18.8. The number of halogens is 1. The molecule has 0 aliphatic rings. The third-order valence-corrected chi connectivity index (χ3v) is 4.70. The van der Waals surface area contributed by atoms with Crippen molar-refractivity contribution < 1.29 is 18.7 Å². The first-order chi connectivity index (χ1) is 12.4. The number of aromatic nitrogens is 3. The fourth-order valence-electron chi connectivity index (χ4n) is 2.61. The Balaban J connectivity index is 2.15. The van der Waals surface area contributed by atoms with Crippen LogP contribution in [0.5, 0.6) is 0 Å². The zero-order valence-corrected chi connectivity index (χ0v) is 15.3. The number of ether oxygens (including phenoxy) is 1. The number of rotatable bonds is 4. The fraction of sp³-hybridized carbons (Fsp3) is 0.294. The lowest BCUT2D eigenvalue weighted by Crippen LogP contribution is -2.23. The molecule has 2 heterocycles. The number of aryl methyl sites for hydroxylation is 2. The molecule has 0 fully saturated rings. The predicted octanol–water partition coefficient (Wildman–Crippen LogP) is 2.19. The quantitative estimate of drug-likeness (QED) is 0.654. The van der Waals surface area contributed by atoms with Gasteiger partial charge < -0.3 is 9.30 Å². The molecule has 2 aromatic heterocycles. The summed E-state index contributed by atoms with van der Waals surface area (Å²) in [6, 6.07) is 4.57. The molecule has 7 nitrogen and oxygen atoms in total. The van der Waals surface area contributed by atoms with E-state index in [4.69, 9.17) is 4.74 Å². The van der Waals surface area contributed by atoms with Crippen molar-refractivity contribution in [3.8, 4) is 0 Å². The van der Waals surface area contributed by atoms with Crippen LogP contribution in [-0.2, 0) is 23.1 Å². The summed E-state index contributed by atoms with van der Waals surface area (Å²) in [7, 11) is 1.71. The van der Waals surface area contributed by atoms with Crippen LogP contribution in [0.3, 0.4) is 0 Å². The molecule has 0 bridgehead atoms. The van der Waals surface area contributed by atoms with Gasteiger partial charge in [-0.15, -0.1) is 0 Å². The molecular formula is C17H17FN4O3S. The SMILES string of the molecule is CCOC(=O)Cn1c(=NC(=O)c2nn(C)cc2C)sc2cccc(F)c21. The van der Waals surface area contributed by atoms with E-state index in [0.717, 1.165) is 11.3 Å². The molecule has 0 radical (unpaired) electrons. The van der Waals surface area contributed by atoms with Crippen molar-refractivity contribution >= 4 is 33.4 Å². The number of nitrogens with zero attached hydrogens (tertiary/aromatic N) is 4. The topological polar surface area (TPSA) is 78.5 Å². The predicted molar refractivity (Wildman–Crippen MR) is 94.2 cm³/mol. The van der Waals surface area contributed by atoms with Crippen molar-refractivity contribution in [2.24, 2.45) is 12.0 Å². The van der Waals surface area contributed by atoms with Gasteiger partial charge in [-0.25, -0.2) is 4.39 Å². The third-order valence-electron chi connectivity index (χ3n) is 3.66. The molecule has 136 valence electrons. The van der Waals surface area contributed by atoms with Gasteiger partial charge >= 0.3 is 5.97 Å². The Labute approximate surface area is 152 Å². The molecule has 0 atom stereocenters. The van der Waals surface area contributed by atoms with E-state index in [9.17, 15) is 14.0 Å². The Hall–Kier alpha value is -2.81. The van der Waals surface area contributed by atoms with Crippen LogP contribution in [0.25, 0.3) is 10.2 Å². The van der Waals surface area contributed by atoms with Gasteiger partial charge in [0.15, 0.2) is 10.5 Å². The number of carbonyl (C=O) groups is 2. The van der Waals surface area contributed by atoms with Gasteiger partial charge in [0.2, 0.25) is 0 Å². The van der Waals surface area contributed by atoms with Gasteiger partial charge in [0.25, 0.3) is 5.91 Å². The van der Waals surface area contributed by atoms with E-state index in [2.05, 4.69) is 10.1 Å². The molecule has 3 aromatic rings. The molecule has 9 heteroatoms. The van der Waals surface area contributed by atoms with Crippen LogP contribution in [0.2, 0.25) is 0 Å². The Morgan fingerprint density at radius 2 is 2.15 bits per heavy atom. The lowest BCUT2D eigenvalue weighted by Gasteiger charge is -2.05. The van der Waals surface area contributed by atoms with E-state index >= 15 is 0 Å². The van der Waals surface area contributed by atoms with Crippen LogP contribution < -0.4 is 4.80 Å². The number of hydrogen-bond donors (Lipinski definition) is 0. The number of benzene rings is 1. The van der Waals surface area contributed by atoms with Crippen molar-refractivity contribution in [1.29, 1.82) is 0 Å². The highest BCUT2D eigenvalue weighted by atomic mass is 32.1. The van der Waals surface area contributed by atoms with Gasteiger partial charge in [0, 0.05) is 18.8 Å². The minimum absolute atomic E-state index is 0.211. The van der Waals surface area contributed by atoms with Crippen molar-refractivity contribution in [1.82, 2.24) is 14.3 Å². The summed E-state index contributed by atoms with van der Waals surface area (Å²) in [5.74, 6) is -1.57. The first kappa shape index (κ1) is 18.0. The Morgan fingerprint density at radius 3 is 2.81 bits per heavy atom. The molecule has 0 aliphatic carbocycles. The van der Waals surface area contributed by atoms with Crippen molar-refractivity contribution in [2.45, 2.75) is 20.4 Å². The van der Waals surface area contributed by atoms with Crippen molar-refractivity contribution in [3.05, 3.63) is 46.3 Å². The molecule has 3 rings (SSSR count). The smallest absolute Gasteiger partial charge is 0.326 e. The van der Waals surface area contributed by atoms with Gasteiger partial charge in [0.05, 0.1) is 16.8 Å². The number of thiazole rings is 1. The van der Waals surface area contributed by atoms with Gasteiger partial charge in [-0.2, -0.15) is 10.1 Å². The molecule has 0 unspecified atom stereocenters. The number of amides is 1. The Bertz CT molecular complexity index is 1060. The fourth-order valence-corrected chi connectivity index (χ4v) is 3.65. The molecule has 0 N–H and O–H groups in total. The number of para-hydroxylation sites is 1. The van der Waals surface area contributed by atoms with Crippen LogP contribution in [0.4, 0.5) is 4.39 Å². The summed E-state index contributed by atoms with van der Waals surface area (Å²) >= 11 is 1.13. The van der Waals surface area contributed by atoms with Crippen LogP contribution in [0, 0.1) is 12.7 Å². The van der Waals surface area contributed by atoms with Crippen LogP contribution in [-0.4, -0.2) is 32.8 Å². The summed E-state index contributed by atoms with van der Waals surface area (Å²) in [6.45, 7) is 3.42. The second kappa shape index (κ2) is 7.20. The number of esters is 1. The summed E-state index contributed by atoms with van der Waals surface area (Å²) < 4.78 is 22.7. The van der Waals surface area contributed by atoms with Gasteiger partial charge in [-0.1, -0.05) is 17.4 Å². The van der Waals surface area contributed by atoms with E-state index < -0.39 is 17.7 Å². The average Bonchev–Trinajstić information content (AvgIpc) is 3.08. The van der Waals surface area contributed by atoms with Gasteiger partial charge in [-0.3, -0.25) is 14.3 Å². The second-order valence-electron chi connectivity index (χ2n) is 5.61. The summed E-state index contributed by atoms with van der Waals surface area (Å²) in [6.07, 6.45) is 1.71. The van der Waals surface area contributed by atoms with E-state index in [1.54, 1.807) is 39.2 Å². The first-order valence-electron chi connectivity index (χ1n) is 7.93. The highest BCUT2D eigenvalue weighted by Gasteiger charge is 2.17. The molecule has 26 heavy (non-hydrogen) atoms. The summed E-state index contributed by atoms with van der Waals surface area (Å²) in [5.41, 5.74) is 1.12. The summed E-state index contributed by atoms with van der Waals surface area (Å²) in [5, 5.41) is 4.10. The van der Waals surface area contributed by atoms with Gasteiger partial charge in [-0.05, 0) is 26.0 Å². The first-order valence-corrected chi connectivity index (χ1v) is 8.75. The highest BCUT2D eigenvalue weighted by molar-refractivity contribution is 7.16. The maximum Gasteiger partial charge on any atom is 0.326 e. The molecule has 0 spiro atoms. The molecule has 1 aromatic carbocycles. The van der Waals surface area contributed by atoms with Crippen molar-refractivity contribution in [2.75, 3.05) is 6.61 Å². The standard InChI is InChI=1S/C17H17FN4O3S/c1-4-25-13(23)9-22-15-11(18)6-5-7-12(15)26-17(22)19-16(24)14-10(2)8-21(3)20-14/h5-8H,4,9H2,1-3H3. The second-order valence-corrected chi connectivity index (χ2v) is 6.62. The molecule has 0 saturated heterocycles. The average molecular weight is 376 g/mol. The van der Waals surface area contributed by atoms with E-state index in [1.165, 1.54) is 15.3 Å². The Kier molecular flexibility index (Phi) is 4.99. The van der Waals surface area contributed by atoms with Crippen LogP contribution >= 0.6 is 11.3 Å². The number of fused-ring (bicyclic) bond motifs is 1. The largest absolute Gasteiger partial charge is 0.465 e. The highest BCUT2D eigenvalue weighted by Crippen LogP contribution is 2.20. The van der Waals surface area contributed by atoms with Crippen LogP contribution in [0.15, 0.2) is 29.4 Å². The maximum absolute atomic E-state index is 14.3. The van der Waals surface area contributed by atoms with E-state index in [1.807, 2.05) is 0 Å². The monoisotopic (exact) mass is 376 g/mol. The molecule has 1 amide bonds. The number of carbonyl (C=O) groups excluding carboxylic acids is 2. The van der Waals surface area contributed by atoms with E-state index in [0.29, 0.717) is 10.3 Å². The lowest BCUT2D eigenvalue weighted by atomic mass is 10.3. The van der Waals surface area contributed by atoms with E-state index in [-0.39, 0.29) is 29.2 Å². The summed E-state index contributed by atoms with van der Waals surface area (Å²) in [4.78, 5) is 28.7. The molecule has 0 saturated carbocycles. The van der Waals surface area contributed by atoms with Crippen LogP contribution in [0.1, 0.15) is 23.0 Å². The number of hydrogen-bond acceptors (Lipinski definition) is 5. The zero-order valence-electron chi connectivity index (χ0n) is 14.5. The normalized spacial score (nSPS) is 11.9. The lowest BCUT2D eigenvalue weighted by molar-refractivity contribution is -0.143. The third kappa shape index (κ3) is 3.43. The Morgan fingerprint density at radius 1 is 1.38 bits per heavy atom. The minimum Gasteiger partial charge on any atom is -0.465 e. The van der Waals surface area contributed by atoms with Gasteiger partial charge in [0.1, 0.15) is 12.4 Å². The molecular weight excluding hydrogens is 359 g/mol. The van der Waals surface area contributed by atoms with Crippen molar-refractivity contribution in [3.63, 3.8) is 0 Å².